The van der Waals surface area contributed by atoms with Crippen molar-refractivity contribution in [1.29, 1.82) is 0 Å². The Morgan fingerprint density at radius 2 is 1.59 bits per heavy atom. The molecule has 0 amide bonds. The zero-order valence-electron chi connectivity index (χ0n) is 14.0. The third-order valence-electron chi connectivity index (χ3n) is 3.76. The van der Waals surface area contributed by atoms with Crippen LogP contribution >= 0.6 is 38.9 Å². The van der Waals surface area contributed by atoms with Crippen LogP contribution in [0.5, 0.6) is 10.8 Å². The number of thiazole rings is 1. The third-order valence-corrected chi connectivity index (χ3v) is 5.39. The Hall–Kier alpha value is -2.34. The van der Waals surface area contributed by atoms with E-state index in [0.29, 0.717) is 5.02 Å². The number of ether oxygens (including phenoxy) is 1. The molecule has 0 aliphatic rings. The van der Waals surface area contributed by atoms with Gasteiger partial charge in [-0.05, 0) is 48.5 Å². The molecule has 4 rings (SSSR count). The minimum Gasteiger partial charge on any atom is -0.444 e. The second-order valence-corrected chi connectivity index (χ2v) is 8.02. The predicted molar refractivity (Wildman–Crippen MR) is 117 cm³/mol. The van der Waals surface area contributed by atoms with Gasteiger partial charge in [0.1, 0.15) is 11.4 Å². The molecule has 0 saturated carbocycles. The number of nitrogens with zero attached hydrogens (tertiary/aromatic N) is 1. The SMILES string of the molecule is Clc1ccc(Oc2sc(Nc3ccc(Br)cc3)nc2-c2ccccc2)cc1. The number of hydrogen-bond acceptors (Lipinski definition) is 4. The normalized spacial score (nSPS) is 10.6. The van der Waals surface area contributed by atoms with Crippen LogP contribution in [0.25, 0.3) is 11.3 Å². The summed E-state index contributed by atoms with van der Waals surface area (Å²) < 4.78 is 7.14. The summed E-state index contributed by atoms with van der Waals surface area (Å²) in [5.41, 5.74) is 2.77. The monoisotopic (exact) mass is 456 g/mol. The van der Waals surface area contributed by atoms with Crippen molar-refractivity contribution in [2.45, 2.75) is 0 Å². The molecule has 1 N–H and O–H groups in total. The van der Waals surface area contributed by atoms with Crippen LogP contribution < -0.4 is 10.1 Å². The van der Waals surface area contributed by atoms with Gasteiger partial charge in [-0.15, -0.1) is 0 Å². The van der Waals surface area contributed by atoms with Crippen molar-refractivity contribution in [3.05, 3.63) is 88.4 Å². The number of benzene rings is 3. The van der Waals surface area contributed by atoms with Crippen molar-refractivity contribution in [2.24, 2.45) is 0 Å². The Morgan fingerprint density at radius 3 is 2.30 bits per heavy atom. The van der Waals surface area contributed by atoms with Crippen LogP contribution in [0, 0.1) is 0 Å². The molecule has 4 aromatic rings. The molecule has 0 spiro atoms. The third kappa shape index (κ3) is 4.50. The molecule has 0 fully saturated rings. The van der Waals surface area contributed by atoms with Gasteiger partial charge in [0.2, 0.25) is 5.06 Å². The van der Waals surface area contributed by atoms with Crippen LogP contribution in [-0.4, -0.2) is 4.98 Å². The van der Waals surface area contributed by atoms with E-state index in [-0.39, 0.29) is 0 Å². The van der Waals surface area contributed by atoms with E-state index in [4.69, 9.17) is 21.3 Å². The van der Waals surface area contributed by atoms with E-state index in [1.54, 1.807) is 12.1 Å². The summed E-state index contributed by atoms with van der Waals surface area (Å²) >= 11 is 10.9. The molecule has 0 unspecified atom stereocenters. The molecular weight excluding hydrogens is 444 g/mol. The number of aromatic nitrogens is 1. The van der Waals surface area contributed by atoms with E-state index in [9.17, 15) is 0 Å². The van der Waals surface area contributed by atoms with Crippen LogP contribution in [0.1, 0.15) is 0 Å². The fourth-order valence-electron chi connectivity index (χ4n) is 2.47. The summed E-state index contributed by atoms with van der Waals surface area (Å²) in [5.74, 6) is 0.718. The van der Waals surface area contributed by atoms with Crippen LogP contribution in [0.15, 0.2) is 83.3 Å². The smallest absolute Gasteiger partial charge is 0.210 e. The molecule has 27 heavy (non-hydrogen) atoms. The maximum Gasteiger partial charge on any atom is 0.210 e. The van der Waals surface area contributed by atoms with Crippen molar-refractivity contribution in [1.82, 2.24) is 4.98 Å². The molecule has 0 bridgehead atoms. The lowest BCUT2D eigenvalue weighted by Gasteiger charge is -2.05. The number of anilines is 2. The maximum atomic E-state index is 6.11. The van der Waals surface area contributed by atoms with Gasteiger partial charge < -0.3 is 10.1 Å². The zero-order valence-corrected chi connectivity index (χ0v) is 17.2. The first-order valence-electron chi connectivity index (χ1n) is 8.20. The summed E-state index contributed by atoms with van der Waals surface area (Å²) in [6, 6.07) is 25.3. The van der Waals surface area contributed by atoms with Crippen molar-refractivity contribution >= 4 is 49.7 Å². The van der Waals surface area contributed by atoms with Gasteiger partial charge in [-0.25, -0.2) is 4.98 Å². The summed E-state index contributed by atoms with van der Waals surface area (Å²) in [4.78, 5) is 4.76. The number of hydrogen-bond donors (Lipinski definition) is 1. The lowest BCUT2D eigenvalue weighted by atomic mass is 10.2. The lowest BCUT2D eigenvalue weighted by Crippen LogP contribution is -1.89. The van der Waals surface area contributed by atoms with E-state index in [2.05, 4.69) is 21.2 Å². The average molecular weight is 458 g/mol. The van der Waals surface area contributed by atoms with E-state index < -0.39 is 0 Å². The topological polar surface area (TPSA) is 34.1 Å². The highest BCUT2D eigenvalue weighted by molar-refractivity contribution is 9.10. The molecule has 1 heterocycles. The van der Waals surface area contributed by atoms with Crippen LogP contribution in [-0.2, 0) is 0 Å². The Kier molecular flexibility index (Phi) is 5.43. The summed E-state index contributed by atoms with van der Waals surface area (Å²) in [6.45, 7) is 0. The Labute approximate surface area is 174 Å². The Morgan fingerprint density at radius 1 is 0.889 bits per heavy atom. The molecule has 1 aromatic heterocycles. The number of halogens is 2. The van der Waals surface area contributed by atoms with Gasteiger partial charge in [0, 0.05) is 20.7 Å². The van der Waals surface area contributed by atoms with E-state index in [0.717, 1.165) is 37.4 Å². The standard InChI is InChI=1S/C21H14BrClN2OS/c22-15-6-10-17(11-7-15)24-21-25-19(14-4-2-1-3-5-14)20(27-21)26-18-12-8-16(23)9-13-18/h1-13H,(H,24,25). The number of nitrogens with one attached hydrogen (secondary N) is 1. The van der Waals surface area contributed by atoms with Gasteiger partial charge in [0.15, 0.2) is 5.13 Å². The minimum atomic E-state index is 0.674. The molecule has 0 aliphatic carbocycles. The molecule has 6 heteroatoms. The van der Waals surface area contributed by atoms with Gasteiger partial charge in [-0.2, -0.15) is 0 Å². The highest BCUT2D eigenvalue weighted by Gasteiger charge is 2.15. The predicted octanol–water partition coefficient (Wildman–Crippen LogP) is 7.76. The van der Waals surface area contributed by atoms with Gasteiger partial charge in [-0.1, -0.05) is 69.2 Å². The van der Waals surface area contributed by atoms with Crippen molar-refractivity contribution in [3.63, 3.8) is 0 Å². The van der Waals surface area contributed by atoms with Gasteiger partial charge in [-0.3, -0.25) is 0 Å². The van der Waals surface area contributed by atoms with Crippen molar-refractivity contribution < 1.29 is 4.74 Å². The quantitative estimate of drug-likeness (QED) is 0.332. The molecular formula is C21H14BrClN2OS. The highest BCUT2D eigenvalue weighted by Crippen LogP contribution is 2.41. The first-order valence-corrected chi connectivity index (χ1v) is 10.2. The molecule has 3 nitrogen and oxygen atoms in total. The van der Waals surface area contributed by atoms with Crippen LogP contribution in [0.2, 0.25) is 5.02 Å². The van der Waals surface area contributed by atoms with E-state index >= 15 is 0 Å². The minimum absolute atomic E-state index is 0.674. The molecule has 0 radical (unpaired) electrons. The molecule has 0 saturated heterocycles. The van der Waals surface area contributed by atoms with E-state index in [1.165, 1.54) is 11.3 Å². The van der Waals surface area contributed by atoms with Crippen molar-refractivity contribution in [2.75, 3.05) is 5.32 Å². The largest absolute Gasteiger partial charge is 0.444 e. The molecule has 0 aliphatic heterocycles. The second kappa shape index (κ2) is 8.13. The second-order valence-electron chi connectivity index (χ2n) is 5.71. The first-order chi connectivity index (χ1) is 13.2. The maximum absolute atomic E-state index is 6.11. The fraction of sp³-hybridized carbons (Fsp3) is 0. The van der Waals surface area contributed by atoms with E-state index in [1.807, 2.05) is 66.7 Å². The summed E-state index contributed by atoms with van der Waals surface area (Å²) in [7, 11) is 0. The lowest BCUT2D eigenvalue weighted by molar-refractivity contribution is 0.497. The van der Waals surface area contributed by atoms with Gasteiger partial charge in [0.25, 0.3) is 0 Å². The van der Waals surface area contributed by atoms with Crippen LogP contribution in [0.3, 0.4) is 0 Å². The zero-order chi connectivity index (χ0) is 18.6. The summed E-state index contributed by atoms with van der Waals surface area (Å²) in [5, 5.41) is 5.50. The highest BCUT2D eigenvalue weighted by atomic mass is 79.9. The summed E-state index contributed by atoms with van der Waals surface area (Å²) in [6.07, 6.45) is 0. The fourth-order valence-corrected chi connectivity index (χ4v) is 3.74. The molecule has 0 atom stereocenters. The average Bonchev–Trinajstić information content (AvgIpc) is 3.08. The number of rotatable bonds is 5. The first kappa shape index (κ1) is 18.0. The molecule has 3 aromatic carbocycles. The molecule has 134 valence electrons. The van der Waals surface area contributed by atoms with Crippen molar-refractivity contribution in [3.8, 4) is 22.1 Å². The Bertz CT molecular complexity index is 1030. The van der Waals surface area contributed by atoms with Gasteiger partial charge in [0.05, 0.1) is 0 Å². The van der Waals surface area contributed by atoms with Crippen LogP contribution in [0.4, 0.5) is 10.8 Å². The van der Waals surface area contributed by atoms with Gasteiger partial charge >= 0.3 is 0 Å². The Balaban J connectivity index is 1.68.